The Morgan fingerprint density at radius 1 is 1.18 bits per heavy atom. The first-order valence-corrected chi connectivity index (χ1v) is 10.4. The highest BCUT2D eigenvalue weighted by Crippen LogP contribution is 2.44. The van der Waals surface area contributed by atoms with Gasteiger partial charge in [0.1, 0.15) is 18.5 Å². The Morgan fingerprint density at radius 2 is 2.00 bits per heavy atom. The van der Waals surface area contributed by atoms with E-state index in [4.69, 9.17) is 21.1 Å². The second-order valence-electron chi connectivity index (χ2n) is 8.14. The van der Waals surface area contributed by atoms with Crippen molar-refractivity contribution >= 4 is 23.5 Å². The van der Waals surface area contributed by atoms with E-state index in [1.807, 2.05) is 18.2 Å². The second kappa shape index (κ2) is 7.12. The lowest BCUT2D eigenvalue weighted by Gasteiger charge is -2.45. The number of likely N-dealkylation sites (tertiary alicyclic amines) is 2. The van der Waals surface area contributed by atoms with Crippen molar-refractivity contribution in [2.45, 2.75) is 43.4 Å². The minimum Gasteiger partial charge on any atom is -0.487 e. The Labute approximate surface area is 168 Å². The van der Waals surface area contributed by atoms with Crippen LogP contribution in [0.4, 0.5) is 4.79 Å². The summed E-state index contributed by atoms with van der Waals surface area (Å²) in [6.07, 6.45) is 3.15. The van der Waals surface area contributed by atoms with Gasteiger partial charge in [-0.05, 0) is 48.9 Å². The minimum absolute atomic E-state index is 0.00688. The molecule has 28 heavy (non-hydrogen) atoms. The van der Waals surface area contributed by atoms with Gasteiger partial charge in [0.05, 0.1) is 25.2 Å². The maximum atomic E-state index is 12.8. The highest BCUT2D eigenvalue weighted by Gasteiger charge is 2.40. The van der Waals surface area contributed by atoms with Gasteiger partial charge in [0, 0.05) is 18.1 Å². The molecule has 7 nitrogen and oxygen atoms in total. The Kier molecular flexibility index (Phi) is 4.59. The normalized spacial score (nSPS) is 27.7. The number of benzene rings is 1. The number of piperidine rings is 1. The Bertz CT molecular complexity index is 794. The SMILES string of the molecule is O=C1CO[C@H]2CCN(C(=O)N3CC(Oc4ccc(Cl)c(C5CC5)c4)C3)C[C@H]2N1. The van der Waals surface area contributed by atoms with E-state index in [9.17, 15) is 9.59 Å². The number of rotatable bonds is 3. The lowest BCUT2D eigenvalue weighted by molar-refractivity contribution is -0.139. The molecule has 0 spiro atoms. The monoisotopic (exact) mass is 405 g/mol. The number of fused-ring (bicyclic) bond motifs is 1. The van der Waals surface area contributed by atoms with Crippen LogP contribution >= 0.6 is 11.6 Å². The number of nitrogens with zero attached hydrogens (tertiary/aromatic N) is 2. The molecule has 3 amide bonds. The summed E-state index contributed by atoms with van der Waals surface area (Å²) in [7, 11) is 0. The molecule has 8 heteroatoms. The van der Waals surface area contributed by atoms with Crippen molar-refractivity contribution in [3.63, 3.8) is 0 Å². The van der Waals surface area contributed by atoms with Crippen molar-refractivity contribution in [1.29, 1.82) is 0 Å². The average molecular weight is 406 g/mol. The van der Waals surface area contributed by atoms with Crippen LogP contribution < -0.4 is 10.1 Å². The third-order valence-electron chi connectivity index (χ3n) is 6.00. The number of hydrogen-bond acceptors (Lipinski definition) is 4. The molecular weight excluding hydrogens is 382 g/mol. The number of carbonyl (C=O) groups excluding carboxylic acids is 2. The van der Waals surface area contributed by atoms with Crippen LogP contribution in [0.2, 0.25) is 5.02 Å². The summed E-state index contributed by atoms with van der Waals surface area (Å²) < 4.78 is 11.6. The van der Waals surface area contributed by atoms with Gasteiger partial charge in [-0.1, -0.05) is 11.6 Å². The Morgan fingerprint density at radius 3 is 2.79 bits per heavy atom. The van der Waals surface area contributed by atoms with Crippen LogP contribution in [0.15, 0.2) is 18.2 Å². The molecule has 3 aliphatic heterocycles. The van der Waals surface area contributed by atoms with Gasteiger partial charge in [0.25, 0.3) is 0 Å². The predicted octanol–water partition coefficient (Wildman–Crippen LogP) is 1.99. The first-order valence-electron chi connectivity index (χ1n) is 9.98. The molecule has 3 heterocycles. The van der Waals surface area contributed by atoms with E-state index in [1.54, 1.807) is 9.80 Å². The number of nitrogens with one attached hydrogen (secondary N) is 1. The molecule has 4 fully saturated rings. The van der Waals surface area contributed by atoms with Crippen LogP contribution in [-0.4, -0.2) is 72.8 Å². The van der Waals surface area contributed by atoms with E-state index >= 15 is 0 Å². The van der Waals surface area contributed by atoms with E-state index in [2.05, 4.69) is 5.32 Å². The fraction of sp³-hybridized carbons (Fsp3) is 0.600. The van der Waals surface area contributed by atoms with Gasteiger partial charge in [-0.25, -0.2) is 4.79 Å². The molecule has 1 N–H and O–H groups in total. The number of ether oxygens (including phenoxy) is 2. The number of hydrogen-bond donors (Lipinski definition) is 1. The van der Waals surface area contributed by atoms with E-state index < -0.39 is 0 Å². The number of urea groups is 1. The van der Waals surface area contributed by atoms with E-state index in [0.29, 0.717) is 32.1 Å². The van der Waals surface area contributed by atoms with E-state index in [-0.39, 0.29) is 36.8 Å². The lowest BCUT2D eigenvalue weighted by Crippen LogP contribution is -2.65. The highest BCUT2D eigenvalue weighted by molar-refractivity contribution is 6.31. The van der Waals surface area contributed by atoms with Crippen LogP contribution in [0.25, 0.3) is 0 Å². The van der Waals surface area contributed by atoms with Gasteiger partial charge >= 0.3 is 6.03 Å². The van der Waals surface area contributed by atoms with E-state index in [0.717, 1.165) is 17.2 Å². The fourth-order valence-electron chi connectivity index (χ4n) is 4.24. The molecule has 5 rings (SSSR count). The summed E-state index contributed by atoms with van der Waals surface area (Å²) in [5.41, 5.74) is 1.17. The van der Waals surface area contributed by atoms with Crippen molar-refractivity contribution < 1.29 is 19.1 Å². The predicted molar refractivity (Wildman–Crippen MR) is 103 cm³/mol. The smallest absolute Gasteiger partial charge is 0.320 e. The molecule has 2 atom stereocenters. The van der Waals surface area contributed by atoms with Crippen LogP contribution in [-0.2, 0) is 9.53 Å². The molecule has 1 aliphatic carbocycles. The topological polar surface area (TPSA) is 71.1 Å². The van der Waals surface area contributed by atoms with Crippen molar-refractivity contribution in [3.05, 3.63) is 28.8 Å². The van der Waals surface area contributed by atoms with Gasteiger partial charge in [0.2, 0.25) is 5.91 Å². The van der Waals surface area contributed by atoms with E-state index in [1.165, 1.54) is 18.4 Å². The van der Waals surface area contributed by atoms with Crippen LogP contribution in [0.5, 0.6) is 5.75 Å². The van der Waals surface area contributed by atoms with Crippen molar-refractivity contribution in [3.8, 4) is 5.75 Å². The first kappa shape index (κ1) is 18.1. The number of carbonyl (C=O) groups is 2. The van der Waals surface area contributed by atoms with Gasteiger partial charge in [0.15, 0.2) is 0 Å². The zero-order valence-corrected chi connectivity index (χ0v) is 16.4. The molecule has 0 unspecified atom stereocenters. The maximum Gasteiger partial charge on any atom is 0.320 e. The Hall–Kier alpha value is -1.99. The molecule has 4 aliphatic rings. The largest absolute Gasteiger partial charge is 0.487 e. The first-order chi connectivity index (χ1) is 13.6. The molecule has 150 valence electrons. The van der Waals surface area contributed by atoms with Crippen LogP contribution in [0.1, 0.15) is 30.7 Å². The quantitative estimate of drug-likeness (QED) is 0.834. The second-order valence-corrected chi connectivity index (χ2v) is 8.55. The molecule has 0 radical (unpaired) electrons. The van der Waals surface area contributed by atoms with Gasteiger partial charge < -0.3 is 24.6 Å². The van der Waals surface area contributed by atoms with Crippen molar-refractivity contribution in [2.24, 2.45) is 0 Å². The lowest BCUT2D eigenvalue weighted by atomic mass is 10.0. The molecule has 1 aromatic rings. The fourth-order valence-corrected chi connectivity index (χ4v) is 4.51. The molecule has 0 aromatic heterocycles. The molecular formula is C20H24ClN3O4. The van der Waals surface area contributed by atoms with Gasteiger partial charge in [-0.2, -0.15) is 0 Å². The standard InChI is InChI=1S/C20H24ClN3O4/c21-16-4-3-13(7-15(16)12-1-2-12)28-14-8-24(9-14)20(26)23-6-5-18-17(10-23)22-19(25)11-27-18/h3-4,7,12,14,17-18H,1-2,5-6,8-11H2,(H,22,25)/t17-,18+/m1/s1. The molecule has 0 bridgehead atoms. The highest BCUT2D eigenvalue weighted by atomic mass is 35.5. The third kappa shape index (κ3) is 3.53. The third-order valence-corrected chi connectivity index (χ3v) is 6.34. The maximum absolute atomic E-state index is 12.8. The number of amides is 3. The molecule has 1 saturated carbocycles. The van der Waals surface area contributed by atoms with Crippen LogP contribution in [0.3, 0.4) is 0 Å². The minimum atomic E-state index is -0.110. The summed E-state index contributed by atoms with van der Waals surface area (Å²) >= 11 is 6.27. The van der Waals surface area contributed by atoms with Crippen molar-refractivity contribution in [2.75, 3.05) is 32.8 Å². The molecule has 3 saturated heterocycles. The summed E-state index contributed by atoms with van der Waals surface area (Å²) in [5, 5.41) is 3.74. The van der Waals surface area contributed by atoms with Gasteiger partial charge in [-0.3, -0.25) is 4.79 Å². The molecule has 1 aromatic carbocycles. The zero-order valence-electron chi connectivity index (χ0n) is 15.6. The van der Waals surface area contributed by atoms with Crippen molar-refractivity contribution in [1.82, 2.24) is 15.1 Å². The Balaban J connectivity index is 1.13. The van der Waals surface area contributed by atoms with Crippen LogP contribution in [0, 0.1) is 0 Å². The summed E-state index contributed by atoms with van der Waals surface area (Å²) in [6.45, 7) is 2.42. The van der Waals surface area contributed by atoms with Gasteiger partial charge in [-0.15, -0.1) is 0 Å². The summed E-state index contributed by atoms with van der Waals surface area (Å²) in [4.78, 5) is 27.9. The summed E-state index contributed by atoms with van der Waals surface area (Å²) in [5.74, 6) is 1.29. The number of morpholine rings is 1. The summed E-state index contributed by atoms with van der Waals surface area (Å²) in [6, 6.07) is 5.74. The number of halogens is 1. The zero-order chi connectivity index (χ0) is 19.3. The average Bonchev–Trinajstić information content (AvgIpc) is 3.49.